The summed E-state index contributed by atoms with van der Waals surface area (Å²) in [5, 5.41) is 13.5. The molecule has 0 amide bonds. The first-order chi connectivity index (χ1) is 8.62. The minimum absolute atomic E-state index is 0. The molecule has 0 bridgehead atoms. The van der Waals surface area contributed by atoms with E-state index in [0.717, 1.165) is 24.9 Å². The van der Waals surface area contributed by atoms with E-state index < -0.39 is 0 Å². The number of hydrogen-bond donors (Lipinski definition) is 0. The molecule has 0 radical (unpaired) electrons. The van der Waals surface area contributed by atoms with Crippen LogP contribution in [0.1, 0.15) is 18.4 Å². The third-order valence-electron chi connectivity index (χ3n) is 3.81. The Hall–Kier alpha value is -0.950. The van der Waals surface area contributed by atoms with Crippen molar-refractivity contribution in [2.24, 2.45) is 0 Å². The standard InChI is InChI=1S/C11H14ClN4O2.ClH/c12-10-4-3-9(6-13-10)7-16(8-15(17)18)11-2-1-5-14(11)16;/h3-4,6,11H,1-2,5,7-8H2;1H/q+1;. The fraction of sp³-hybridized carbons (Fsp3) is 0.545. The maximum Gasteiger partial charge on any atom is 0.347 e. The summed E-state index contributed by atoms with van der Waals surface area (Å²) in [6, 6.07) is 3.62. The molecule has 3 heterocycles. The van der Waals surface area contributed by atoms with Gasteiger partial charge in [-0.15, -0.1) is 12.4 Å². The Bertz CT molecular complexity index is 472. The van der Waals surface area contributed by atoms with E-state index >= 15 is 0 Å². The normalized spacial score (nSPS) is 31.4. The van der Waals surface area contributed by atoms with Crippen LogP contribution in [0.25, 0.3) is 0 Å². The fourth-order valence-corrected chi connectivity index (χ4v) is 3.17. The van der Waals surface area contributed by atoms with Crippen LogP contribution in [0.5, 0.6) is 0 Å². The van der Waals surface area contributed by atoms with Crippen LogP contribution < -0.4 is 0 Å². The van der Waals surface area contributed by atoms with Crippen LogP contribution >= 0.6 is 24.0 Å². The van der Waals surface area contributed by atoms with Gasteiger partial charge in [-0.3, -0.25) is 10.1 Å². The molecule has 3 atom stereocenters. The Kier molecular flexibility index (Phi) is 3.96. The number of aromatic nitrogens is 1. The zero-order valence-electron chi connectivity index (χ0n) is 10.2. The average molecular weight is 306 g/mol. The lowest BCUT2D eigenvalue weighted by Crippen LogP contribution is -2.38. The highest BCUT2D eigenvalue weighted by Crippen LogP contribution is 2.47. The van der Waals surface area contributed by atoms with Crippen molar-refractivity contribution in [3.63, 3.8) is 0 Å². The van der Waals surface area contributed by atoms with Crippen molar-refractivity contribution in [3.05, 3.63) is 39.2 Å². The molecule has 2 saturated heterocycles. The highest BCUT2D eigenvalue weighted by molar-refractivity contribution is 6.29. The number of quaternary nitrogens is 1. The number of nitro groups is 1. The number of halogens is 2. The molecule has 0 aromatic carbocycles. The Balaban J connectivity index is 0.00000133. The fourth-order valence-electron chi connectivity index (χ4n) is 3.06. The first-order valence-corrected chi connectivity index (χ1v) is 6.36. The third-order valence-corrected chi connectivity index (χ3v) is 4.03. The molecule has 19 heavy (non-hydrogen) atoms. The zero-order valence-corrected chi connectivity index (χ0v) is 11.8. The molecule has 2 fully saturated rings. The third kappa shape index (κ3) is 2.53. The number of nitrogens with zero attached hydrogens (tertiary/aromatic N) is 4. The highest BCUT2D eigenvalue weighted by atomic mass is 35.5. The SMILES string of the molecule is Cl.O=[N+]([O-])C[N+]1(Cc2ccc(Cl)nc2)C2CCCN21. The lowest BCUT2D eigenvalue weighted by molar-refractivity contribution is -0.962. The average Bonchev–Trinajstić information content (AvgIpc) is 2.74. The molecule has 8 heteroatoms. The van der Waals surface area contributed by atoms with E-state index in [1.54, 1.807) is 12.3 Å². The van der Waals surface area contributed by atoms with Crippen molar-refractivity contribution in [2.45, 2.75) is 25.6 Å². The van der Waals surface area contributed by atoms with E-state index in [2.05, 4.69) is 9.99 Å². The molecule has 1 aromatic rings. The summed E-state index contributed by atoms with van der Waals surface area (Å²) in [5.74, 6) is 0. The molecule has 3 unspecified atom stereocenters. The van der Waals surface area contributed by atoms with Gasteiger partial charge in [-0.25, -0.2) is 4.98 Å². The lowest BCUT2D eigenvalue weighted by Gasteiger charge is -2.17. The predicted molar refractivity (Wildman–Crippen MR) is 72.0 cm³/mol. The van der Waals surface area contributed by atoms with Crippen LogP contribution in [0.15, 0.2) is 18.3 Å². The Morgan fingerprint density at radius 3 is 2.89 bits per heavy atom. The van der Waals surface area contributed by atoms with E-state index in [0.29, 0.717) is 22.5 Å². The van der Waals surface area contributed by atoms with Gasteiger partial charge in [0.2, 0.25) is 6.17 Å². The summed E-state index contributed by atoms with van der Waals surface area (Å²) in [6.45, 7) is 1.56. The Morgan fingerprint density at radius 1 is 1.58 bits per heavy atom. The molecule has 2 aliphatic heterocycles. The molecule has 1 aromatic heterocycles. The van der Waals surface area contributed by atoms with Crippen LogP contribution in [0, 0.1) is 10.1 Å². The second-order valence-electron chi connectivity index (χ2n) is 4.89. The predicted octanol–water partition coefficient (Wildman–Crippen LogP) is 2.06. The van der Waals surface area contributed by atoms with Crippen LogP contribution in [0.2, 0.25) is 5.15 Å². The maximum atomic E-state index is 10.9. The summed E-state index contributed by atoms with van der Waals surface area (Å²) in [7, 11) is 0. The zero-order chi connectivity index (χ0) is 12.8. The monoisotopic (exact) mass is 305 g/mol. The highest BCUT2D eigenvalue weighted by Gasteiger charge is 2.69. The van der Waals surface area contributed by atoms with Gasteiger partial charge in [-0.05, 0) is 18.6 Å². The lowest BCUT2D eigenvalue weighted by atomic mass is 10.2. The van der Waals surface area contributed by atoms with Crippen molar-refractivity contribution in [2.75, 3.05) is 13.2 Å². The quantitative estimate of drug-likeness (QED) is 0.281. The van der Waals surface area contributed by atoms with Crippen molar-refractivity contribution in [1.82, 2.24) is 9.99 Å². The van der Waals surface area contributed by atoms with E-state index in [1.165, 1.54) is 0 Å². The molecular weight excluding hydrogens is 291 g/mol. The maximum absolute atomic E-state index is 10.9. The van der Waals surface area contributed by atoms with Gasteiger partial charge in [-0.1, -0.05) is 16.6 Å². The van der Waals surface area contributed by atoms with Gasteiger partial charge >= 0.3 is 6.67 Å². The van der Waals surface area contributed by atoms with E-state index in [1.807, 2.05) is 6.07 Å². The minimum atomic E-state index is -0.221. The summed E-state index contributed by atoms with van der Waals surface area (Å²) >= 11 is 5.74. The van der Waals surface area contributed by atoms with Crippen molar-refractivity contribution in [3.8, 4) is 0 Å². The van der Waals surface area contributed by atoms with Gasteiger partial charge in [-0.2, -0.15) is 4.59 Å². The van der Waals surface area contributed by atoms with Gasteiger partial charge in [0.1, 0.15) is 11.7 Å². The number of pyridine rings is 1. The van der Waals surface area contributed by atoms with Gasteiger partial charge in [0, 0.05) is 18.2 Å². The number of hydrogen-bond acceptors (Lipinski definition) is 4. The van der Waals surface area contributed by atoms with E-state index in [-0.39, 0.29) is 24.0 Å². The summed E-state index contributed by atoms with van der Waals surface area (Å²) in [5.41, 5.74) is 0.996. The van der Waals surface area contributed by atoms with E-state index in [4.69, 9.17) is 11.6 Å². The minimum Gasteiger partial charge on any atom is -0.259 e. The van der Waals surface area contributed by atoms with Gasteiger partial charge in [0.25, 0.3) is 0 Å². The first-order valence-electron chi connectivity index (χ1n) is 5.98. The van der Waals surface area contributed by atoms with Crippen molar-refractivity contribution < 1.29 is 9.52 Å². The molecule has 6 nitrogen and oxygen atoms in total. The van der Waals surface area contributed by atoms with Crippen LogP contribution in [-0.2, 0) is 6.54 Å². The molecule has 3 rings (SSSR count). The second-order valence-corrected chi connectivity index (χ2v) is 5.28. The van der Waals surface area contributed by atoms with Crippen molar-refractivity contribution in [1.29, 1.82) is 0 Å². The summed E-state index contributed by atoms with van der Waals surface area (Å²) in [4.78, 5) is 14.7. The Labute approximate surface area is 122 Å². The molecule has 0 spiro atoms. The molecule has 104 valence electrons. The second kappa shape index (κ2) is 5.20. The summed E-state index contributed by atoms with van der Waals surface area (Å²) < 4.78 is 0.455. The molecule has 2 aliphatic rings. The first kappa shape index (κ1) is 14.5. The molecule has 0 aliphatic carbocycles. The van der Waals surface area contributed by atoms with Crippen LogP contribution in [-0.4, -0.2) is 38.9 Å². The Morgan fingerprint density at radius 2 is 2.37 bits per heavy atom. The molecule has 0 N–H and O–H groups in total. The molecular formula is C11H15Cl2N4O2+. The number of fused-ring (bicyclic) bond motifs is 1. The van der Waals surface area contributed by atoms with Crippen LogP contribution in [0.3, 0.4) is 0 Å². The van der Waals surface area contributed by atoms with Gasteiger partial charge in [0.15, 0.2) is 0 Å². The van der Waals surface area contributed by atoms with E-state index in [9.17, 15) is 10.1 Å². The van der Waals surface area contributed by atoms with Gasteiger partial charge in [0.05, 0.1) is 11.5 Å². The topological polar surface area (TPSA) is 59.0 Å². The van der Waals surface area contributed by atoms with Crippen molar-refractivity contribution >= 4 is 24.0 Å². The van der Waals surface area contributed by atoms with Gasteiger partial charge < -0.3 is 0 Å². The van der Waals surface area contributed by atoms with Crippen LogP contribution in [0.4, 0.5) is 0 Å². The summed E-state index contributed by atoms with van der Waals surface area (Å²) in [6.07, 6.45) is 4.22. The number of rotatable bonds is 4. The largest absolute Gasteiger partial charge is 0.347 e. The molecule has 0 saturated carbocycles. The smallest absolute Gasteiger partial charge is 0.259 e.